The van der Waals surface area contributed by atoms with Crippen LogP contribution in [0.2, 0.25) is 0 Å². The van der Waals surface area contributed by atoms with E-state index in [9.17, 15) is 4.79 Å². The average Bonchev–Trinajstić information content (AvgIpc) is 3.24. The Hall–Kier alpha value is -3.92. The van der Waals surface area contributed by atoms with Crippen LogP contribution in [0.25, 0.3) is 10.8 Å². The highest BCUT2D eigenvalue weighted by Gasteiger charge is 2.17. The van der Waals surface area contributed by atoms with Gasteiger partial charge in [0.1, 0.15) is 12.4 Å². The van der Waals surface area contributed by atoms with Gasteiger partial charge < -0.3 is 4.74 Å². The number of nitrogens with zero attached hydrogens (tertiary/aromatic N) is 1. The van der Waals surface area contributed by atoms with E-state index in [0.29, 0.717) is 12.2 Å². The van der Waals surface area contributed by atoms with Crippen LogP contribution in [-0.4, -0.2) is 11.6 Å². The molecule has 1 N–H and O–H groups in total. The second-order valence-corrected chi connectivity index (χ2v) is 7.65. The fraction of sp³-hybridized carbons (Fsp3) is 0.111. The van der Waals surface area contributed by atoms with E-state index < -0.39 is 0 Å². The monoisotopic (exact) mass is 406 g/mol. The Balaban J connectivity index is 1.20. The molecule has 0 spiro atoms. The van der Waals surface area contributed by atoms with Gasteiger partial charge in [0, 0.05) is 11.1 Å². The molecule has 0 heterocycles. The summed E-state index contributed by atoms with van der Waals surface area (Å²) in [5.41, 5.74) is 7.62. The maximum absolute atomic E-state index is 12.5. The fourth-order valence-corrected chi connectivity index (χ4v) is 3.88. The first-order chi connectivity index (χ1) is 15.3. The predicted octanol–water partition coefficient (Wildman–Crippen LogP) is 5.50. The normalized spacial score (nSPS) is 13.9. The van der Waals surface area contributed by atoms with Gasteiger partial charge in [-0.05, 0) is 59.0 Å². The Labute approximate surface area is 181 Å². The second kappa shape index (κ2) is 8.44. The van der Waals surface area contributed by atoms with E-state index in [1.807, 2.05) is 48.5 Å². The molecule has 4 heteroatoms. The summed E-state index contributed by atoms with van der Waals surface area (Å²) >= 11 is 0. The molecule has 0 atom stereocenters. The summed E-state index contributed by atoms with van der Waals surface area (Å²) in [6.07, 6.45) is 1.82. The van der Waals surface area contributed by atoms with Crippen molar-refractivity contribution in [3.63, 3.8) is 0 Å². The molecule has 0 saturated heterocycles. The maximum atomic E-state index is 12.5. The van der Waals surface area contributed by atoms with Crippen LogP contribution in [-0.2, 0) is 13.0 Å². The van der Waals surface area contributed by atoms with E-state index in [4.69, 9.17) is 4.74 Å². The van der Waals surface area contributed by atoms with E-state index in [1.165, 1.54) is 10.9 Å². The van der Waals surface area contributed by atoms with Crippen molar-refractivity contribution in [2.75, 3.05) is 0 Å². The predicted molar refractivity (Wildman–Crippen MR) is 123 cm³/mol. The molecule has 1 amide bonds. The molecule has 1 aliphatic carbocycles. The minimum atomic E-state index is -0.209. The van der Waals surface area contributed by atoms with Crippen LogP contribution in [0.3, 0.4) is 0 Å². The van der Waals surface area contributed by atoms with Crippen LogP contribution < -0.4 is 10.2 Å². The minimum absolute atomic E-state index is 0.209. The highest BCUT2D eigenvalue weighted by atomic mass is 16.5. The number of carbonyl (C=O) groups excluding carboxylic acids is 1. The van der Waals surface area contributed by atoms with Crippen molar-refractivity contribution in [1.82, 2.24) is 5.43 Å². The molecule has 0 saturated carbocycles. The molecule has 4 nitrogen and oxygen atoms in total. The summed E-state index contributed by atoms with van der Waals surface area (Å²) in [5.74, 6) is 0.618. The highest BCUT2D eigenvalue weighted by Crippen LogP contribution is 2.22. The van der Waals surface area contributed by atoms with Crippen molar-refractivity contribution in [3.05, 3.63) is 113 Å². The molecule has 0 aliphatic heterocycles. The van der Waals surface area contributed by atoms with Crippen LogP contribution in [0, 0.1) is 0 Å². The van der Waals surface area contributed by atoms with Crippen molar-refractivity contribution in [2.45, 2.75) is 19.4 Å². The smallest absolute Gasteiger partial charge is 0.271 e. The second-order valence-electron chi connectivity index (χ2n) is 7.65. The number of nitrogens with one attached hydrogen (secondary N) is 1. The summed E-state index contributed by atoms with van der Waals surface area (Å²) in [5, 5.41) is 6.70. The number of carbonyl (C=O) groups is 1. The van der Waals surface area contributed by atoms with E-state index in [-0.39, 0.29) is 5.91 Å². The number of ether oxygens (including phenoxy) is 1. The van der Waals surface area contributed by atoms with Crippen LogP contribution in [0.1, 0.15) is 33.5 Å². The standard InChI is InChI=1S/C27H22N2O2/c30-27(29-28-26-16-14-21-6-3-4-8-25(21)26)22-11-9-19(10-12-22)18-31-24-15-13-20-5-1-2-7-23(20)17-24/h1-13,15,17H,14,16,18H2,(H,29,30)/b28-26-. The zero-order chi connectivity index (χ0) is 21.0. The van der Waals surface area contributed by atoms with E-state index in [1.54, 1.807) is 12.1 Å². The van der Waals surface area contributed by atoms with Gasteiger partial charge in [-0.3, -0.25) is 4.79 Å². The molecular formula is C27H22N2O2. The van der Waals surface area contributed by atoms with E-state index in [2.05, 4.69) is 40.9 Å². The summed E-state index contributed by atoms with van der Waals surface area (Å²) < 4.78 is 5.93. The van der Waals surface area contributed by atoms with Crippen LogP contribution in [0.15, 0.2) is 96.1 Å². The van der Waals surface area contributed by atoms with Crippen molar-refractivity contribution in [1.29, 1.82) is 0 Å². The first kappa shape index (κ1) is 19.1. The van der Waals surface area contributed by atoms with Crippen molar-refractivity contribution < 1.29 is 9.53 Å². The van der Waals surface area contributed by atoms with E-state index >= 15 is 0 Å². The number of amides is 1. The summed E-state index contributed by atoms with van der Waals surface area (Å²) in [6, 6.07) is 29.9. The largest absolute Gasteiger partial charge is 0.489 e. The molecule has 0 unspecified atom stereocenters. The Morgan fingerprint density at radius 1 is 0.839 bits per heavy atom. The van der Waals surface area contributed by atoms with Crippen LogP contribution in [0.5, 0.6) is 5.75 Å². The molecule has 0 aromatic heterocycles. The average molecular weight is 406 g/mol. The number of hydrazone groups is 1. The zero-order valence-corrected chi connectivity index (χ0v) is 17.0. The lowest BCUT2D eigenvalue weighted by Gasteiger charge is -2.08. The van der Waals surface area contributed by atoms with Gasteiger partial charge in [-0.15, -0.1) is 0 Å². The molecule has 0 bridgehead atoms. The number of fused-ring (bicyclic) bond motifs is 2. The topological polar surface area (TPSA) is 50.7 Å². The van der Waals surface area contributed by atoms with Crippen molar-refractivity contribution in [3.8, 4) is 5.75 Å². The number of hydrogen-bond acceptors (Lipinski definition) is 3. The van der Waals surface area contributed by atoms with Gasteiger partial charge in [0.15, 0.2) is 0 Å². The lowest BCUT2D eigenvalue weighted by Crippen LogP contribution is -2.19. The minimum Gasteiger partial charge on any atom is -0.489 e. The van der Waals surface area contributed by atoms with Gasteiger partial charge in [0.05, 0.1) is 5.71 Å². The Morgan fingerprint density at radius 2 is 1.61 bits per heavy atom. The molecular weight excluding hydrogens is 384 g/mol. The molecule has 5 rings (SSSR count). The quantitative estimate of drug-likeness (QED) is 0.445. The van der Waals surface area contributed by atoms with Crippen LogP contribution in [0.4, 0.5) is 0 Å². The molecule has 0 radical (unpaired) electrons. The van der Waals surface area contributed by atoms with Crippen molar-refractivity contribution >= 4 is 22.4 Å². The maximum Gasteiger partial charge on any atom is 0.271 e. The fourth-order valence-electron chi connectivity index (χ4n) is 3.88. The molecule has 0 fully saturated rings. The van der Waals surface area contributed by atoms with E-state index in [0.717, 1.165) is 40.8 Å². The van der Waals surface area contributed by atoms with Crippen LogP contribution >= 0.6 is 0 Å². The number of benzene rings is 4. The summed E-state index contributed by atoms with van der Waals surface area (Å²) in [6.45, 7) is 0.444. The first-order valence-corrected chi connectivity index (χ1v) is 10.4. The lowest BCUT2D eigenvalue weighted by molar-refractivity contribution is 0.0954. The van der Waals surface area contributed by atoms with Crippen molar-refractivity contribution in [2.24, 2.45) is 5.10 Å². The number of aryl methyl sites for hydroxylation is 1. The third kappa shape index (κ3) is 4.19. The van der Waals surface area contributed by atoms with Gasteiger partial charge in [-0.25, -0.2) is 5.43 Å². The van der Waals surface area contributed by atoms with Gasteiger partial charge in [-0.1, -0.05) is 66.7 Å². The summed E-state index contributed by atoms with van der Waals surface area (Å²) in [4.78, 5) is 12.5. The van der Waals surface area contributed by atoms with Gasteiger partial charge >= 0.3 is 0 Å². The molecule has 4 aromatic carbocycles. The molecule has 31 heavy (non-hydrogen) atoms. The number of hydrogen-bond donors (Lipinski definition) is 1. The van der Waals surface area contributed by atoms with Gasteiger partial charge in [0.2, 0.25) is 0 Å². The Bertz CT molecular complexity index is 1280. The third-order valence-corrected chi connectivity index (χ3v) is 5.59. The highest BCUT2D eigenvalue weighted by molar-refractivity contribution is 6.05. The number of rotatable bonds is 5. The molecule has 4 aromatic rings. The lowest BCUT2D eigenvalue weighted by atomic mass is 10.1. The first-order valence-electron chi connectivity index (χ1n) is 10.4. The van der Waals surface area contributed by atoms with Gasteiger partial charge in [-0.2, -0.15) is 5.10 Å². The molecule has 152 valence electrons. The summed E-state index contributed by atoms with van der Waals surface area (Å²) in [7, 11) is 0. The Kier molecular flexibility index (Phi) is 5.19. The zero-order valence-electron chi connectivity index (χ0n) is 17.0. The Morgan fingerprint density at radius 3 is 2.48 bits per heavy atom. The molecule has 1 aliphatic rings. The SMILES string of the molecule is O=C(N/N=C1/CCc2ccccc21)c1ccc(COc2ccc3ccccc3c2)cc1. The van der Waals surface area contributed by atoms with Gasteiger partial charge in [0.25, 0.3) is 5.91 Å². The third-order valence-electron chi connectivity index (χ3n) is 5.59.